The molecule has 3 heterocycles. The Morgan fingerprint density at radius 2 is 1.84 bits per heavy atom. The molecule has 9 heteroatoms. The number of aryl methyl sites for hydroxylation is 2. The Kier molecular flexibility index (Phi) is 5.17. The first-order valence-corrected chi connectivity index (χ1v) is 10.7. The van der Waals surface area contributed by atoms with Crippen LogP contribution in [0.4, 0.5) is 0 Å². The van der Waals surface area contributed by atoms with Crippen molar-refractivity contribution in [2.45, 2.75) is 31.6 Å². The number of hydrogen-bond donors (Lipinski definition) is 0. The van der Waals surface area contributed by atoms with Crippen LogP contribution in [0, 0.1) is 13.8 Å². The monoisotopic (exact) mass is 385 g/mol. The predicted octanol–water partition coefficient (Wildman–Crippen LogP) is 0.820. The molecule has 0 unspecified atom stereocenters. The molecule has 0 spiro atoms. The minimum Gasteiger partial charge on any atom is -0.339 e. The van der Waals surface area contributed by atoms with Gasteiger partial charge in [0.1, 0.15) is 0 Å². The van der Waals surface area contributed by atoms with Gasteiger partial charge in [-0.05, 0) is 26.3 Å². The van der Waals surface area contributed by atoms with Gasteiger partial charge in [-0.1, -0.05) is 0 Å². The van der Waals surface area contributed by atoms with Gasteiger partial charge in [-0.3, -0.25) is 9.59 Å². The fourth-order valence-corrected chi connectivity index (χ4v) is 6.26. The van der Waals surface area contributed by atoms with Gasteiger partial charge in [0.25, 0.3) is 0 Å². The van der Waals surface area contributed by atoms with Crippen molar-refractivity contribution < 1.29 is 18.0 Å². The lowest BCUT2D eigenvalue weighted by Gasteiger charge is -2.34. The van der Waals surface area contributed by atoms with Crippen molar-refractivity contribution >= 4 is 33.2 Å². The lowest BCUT2D eigenvalue weighted by Crippen LogP contribution is -2.52. The molecule has 0 saturated carbocycles. The molecule has 2 aliphatic rings. The maximum Gasteiger partial charge on any atom is 0.244 e. The number of hydrogen-bond acceptors (Lipinski definition) is 5. The summed E-state index contributed by atoms with van der Waals surface area (Å²) in [5.41, 5.74) is 0. The van der Waals surface area contributed by atoms with Crippen LogP contribution in [0.2, 0.25) is 0 Å². The molecule has 2 aliphatic heterocycles. The number of likely N-dealkylation sites (tertiary alicyclic amines) is 1. The highest BCUT2D eigenvalue weighted by Crippen LogP contribution is 2.28. The highest BCUT2D eigenvalue weighted by Gasteiger charge is 2.33. The summed E-state index contributed by atoms with van der Waals surface area (Å²) in [6.45, 7) is 5.76. The molecule has 0 aliphatic carbocycles. The third-order valence-corrected chi connectivity index (χ3v) is 7.82. The Morgan fingerprint density at radius 3 is 2.36 bits per heavy atom. The van der Waals surface area contributed by atoms with Crippen LogP contribution in [0.15, 0.2) is 11.0 Å². The van der Waals surface area contributed by atoms with Crippen LogP contribution in [0.3, 0.4) is 0 Å². The van der Waals surface area contributed by atoms with Gasteiger partial charge in [0.15, 0.2) is 0 Å². The normalized spacial score (nSPS) is 19.7. The summed E-state index contributed by atoms with van der Waals surface area (Å²) < 4.78 is 27.0. The second-order valence-electron chi connectivity index (χ2n) is 6.48. The zero-order valence-electron chi connectivity index (χ0n) is 14.5. The number of carbonyl (C=O) groups excluding carboxylic acids is 2. The Balaban J connectivity index is 1.60. The van der Waals surface area contributed by atoms with Crippen LogP contribution < -0.4 is 0 Å². The van der Waals surface area contributed by atoms with Gasteiger partial charge < -0.3 is 9.80 Å². The Labute approximate surface area is 152 Å². The lowest BCUT2D eigenvalue weighted by molar-refractivity contribution is -0.139. The van der Waals surface area contributed by atoms with Crippen molar-refractivity contribution in [1.29, 1.82) is 0 Å². The molecule has 2 saturated heterocycles. The molecule has 1 aromatic rings. The predicted molar refractivity (Wildman–Crippen MR) is 94.9 cm³/mol. The Bertz CT molecular complexity index is 779. The topological polar surface area (TPSA) is 78.0 Å². The maximum absolute atomic E-state index is 12.8. The molecule has 0 radical (unpaired) electrons. The highest BCUT2D eigenvalue weighted by atomic mass is 32.2. The van der Waals surface area contributed by atoms with E-state index in [1.165, 1.54) is 15.6 Å². The molecule has 2 fully saturated rings. The number of rotatable bonds is 4. The average molecular weight is 386 g/mol. The minimum atomic E-state index is -3.51. The molecule has 138 valence electrons. The highest BCUT2D eigenvalue weighted by molar-refractivity contribution is 7.89. The van der Waals surface area contributed by atoms with Crippen LogP contribution in [0.25, 0.3) is 0 Å². The smallest absolute Gasteiger partial charge is 0.244 e. The minimum absolute atomic E-state index is 0.0258. The first-order valence-electron chi connectivity index (χ1n) is 8.42. The van der Waals surface area contributed by atoms with Crippen LogP contribution >= 0.6 is 11.3 Å². The molecule has 25 heavy (non-hydrogen) atoms. The maximum atomic E-state index is 12.8. The number of amides is 2. The summed E-state index contributed by atoms with van der Waals surface area (Å²) in [7, 11) is -3.51. The average Bonchev–Trinajstić information content (AvgIpc) is 3.13. The fourth-order valence-electron chi connectivity index (χ4n) is 3.31. The first-order chi connectivity index (χ1) is 11.8. The van der Waals surface area contributed by atoms with E-state index in [9.17, 15) is 18.0 Å². The summed E-state index contributed by atoms with van der Waals surface area (Å²) in [4.78, 5) is 29.4. The van der Waals surface area contributed by atoms with Crippen molar-refractivity contribution in [2.24, 2.45) is 0 Å². The Morgan fingerprint density at radius 1 is 1.16 bits per heavy atom. The van der Waals surface area contributed by atoms with Crippen molar-refractivity contribution in [1.82, 2.24) is 14.1 Å². The largest absolute Gasteiger partial charge is 0.339 e. The summed E-state index contributed by atoms with van der Waals surface area (Å²) in [6.07, 6.45) is 1.32. The molecular weight excluding hydrogens is 362 g/mol. The molecule has 3 rings (SSSR count). The van der Waals surface area contributed by atoms with Gasteiger partial charge in [0.2, 0.25) is 21.8 Å². The first kappa shape index (κ1) is 18.3. The number of thiophene rings is 1. The van der Waals surface area contributed by atoms with Crippen molar-refractivity contribution in [3.8, 4) is 0 Å². The number of carbonyl (C=O) groups is 2. The van der Waals surface area contributed by atoms with E-state index in [1.54, 1.807) is 15.9 Å². The van der Waals surface area contributed by atoms with Crippen molar-refractivity contribution in [2.75, 3.05) is 39.3 Å². The van der Waals surface area contributed by atoms with Crippen molar-refractivity contribution in [3.63, 3.8) is 0 Å². The summed E-state index contributed by atoms with van der Waals surface area (Å²) in [5.74, 6) is -0.0762. The third kappa shape index (κ3) is 3.73. The quantitative estimate of drug-likeness (QED) is 0.769. The molecular formula is C16H23N3O4S2. The van der Waals surface area contributed by atoms with Gasteiger partial charge >= 0.3 is 0 Å². The van der Waals surface area contributed by atoms with Crippen LogP contribution in [0.1, 0.15) is 22.6 Å². The second-order valence-corrected chi connectivity index (χ2v) is 9.85. The van der Waals surface area contributed by atoms with E-state index >= 15 is 0 Å². The zero-order valence-corrected chi connectivity index (χ0v) is 16.2. The number of sulfonamides is 1. The molecule has 0 N–H and O–H groups in total. The van der Waals surface area contributed by atoms with E-state index in [0.717, 1.165) is 16.2 Å². The standard InChI is InChI=1S/C16H23N3O4S2/c1-12-10-14(13(2)24-12)25(22,23)19-8-6-17(7-9-19)16(21)11-18-5-3-4-15(18)20/h10H,3-9,11H2,1-2H3. The molecule has 7 nitrogen and oxygen atoms in total. The summed E-state index contributed by atoms with van der Waals surface area (Å²) in [5, 5.41) is 0. The van der Waals surface area contributed by atoms with Gasteiger partial charge in [-0.2, -0.15) is 4.31 Å². The third-order valence-electron chi connectivity index (χ3n) is 4.70. The fraction of sp³-hybridized carbons (Fsp3) is 0.625. The Hall–Kier alpha value is -1.45. The van der Waals surface area contributed by atoms with Crippen molar-refractivity contribution in [3.05, 3.63) is 15.8 Å². The van der Waals surface area contributed by atoms with E-state index in [4.69, 9.17) is 0 Å². The summed E-state index contributed by atoms with van der Waals surface area (Å²) >= 11 is 1.48. The number of piperazine rings is 1. The van der Waals surface area contributed by atoms with E-state index in [1.807, 2.05) is 13.8 Å². The lowest BCUT2D eigenvalue weighted by atomic mass is 10.3. The van der Waals surface area contributed by atoms with E-state index in [0.29, 0.717) is 31.0 Å². The molecule has 0 atom stereocenters. The molecule has 0 aromatic carbocycles. The summed E-state index contributed by atoms with van der Waals surface area (Å²) in [6, 6.07) is 1.71. The molecule has 1 aromatic heterocycles. The number of nitrogens with zero attached hydrogens (tertiary/aromatic N) is 3. The van der Waals surface area contributed by atoms with Crippen LogP contribution in [0.5, 0.6) is 0 Å². The van der Waals surface area contributed by atoms with Gasteiger partial charge in [-0.15, -0.1) is 11.3 Å². The zero-order chi connectivity index (χ0) is 18.2. The second kappa shape index (κ2) is 7.05. The van der Waals surface area contributed by atoms with E-state index in [2.05, 4.69) is 0 Å². The molecule has 2 amide bonds. The van der Waals surface area contributed by atoms with E-state index < -0.39 is 10.0 Å². The molecule has 0 bridgehead atoms. The van der Waals surface area contributed by atoms with E-state index in [-0.39, 0.29) is 31.4 Å². The SMILES string of the molecule is Cc1cc(S(=O)(=O)N2CCN(C(=O)CN3CCCC3=O)CC2)c(C)s1. The van der Waals surface area contributed by atoms with Gasteiger partial charge in [-0.25, -0.2) is 8.42 Å². The van der Waals surface area contributed by atoms with Gasteiger partial charge in [0.05, 0.1) is 11.4 Å². The van der Waals surface area contributed by atoms with Gasteiger partial charge in [0, 0.05) is 48.9 Å². The van der Waals surface area contributed by atoms with Crippen LogP contribution in [-0.2, 0) is 19.6 Å². The van der Waals surface area contributed by atoms with Crippen LogP contribution in [-0.4, -0.2) is 73.6 Å².